The van der Waals surface area contributed by atoms with Crippen molar-refractivity contribution in [2.24, 2.45) is 0 Å². The first-order valence-corrected chi connectivity index (χ1v) is 41.1. The molecule has 0 aromatic rings. The lowest BCUT2D eigenvalue weighted by Crippen LogP contribution is -2.47. The molecule has 0 radical (unpaired) electrons. The second-order valence-electron chi connectivity index (χ2n) is 27.4. The maximum atomic E-state index is 6.11. The van der Waals surface area contributed by atoms with Crippen LogP contribution >= 0.6 is 0 Å². The van der Waals surface area contributed by atoms with Crippen molar-refractivity contribution in [2.45, 2.75) is 213 Å². The number of unbranched alkanes of at least 4 members (excludes halogenated alkanes) is 27. The van der Waals surface area contributed by atoms with Crippen molar-refractivity contribution in [2.75, 3.05) is 305 Å². The summed E-state index contributed by atoms with van der Waals surface area (Å²) in [4.78, 5) is 6.11. The normalized spacial score (nSPS) is 12.2. The van der Waals surface area contributed by atoms with Gasteiger partial charge in [0.05, 0.1) is 259 Å². The van der Waals surface area contributed by atoms with Gasteiger partial charge in [-0.15, -0.1) is 0 Å². The smallest absolute Gasteiger partial charge is 0.129 e. The number of quaternary nitrogens is 2. The van der Waals surface area contributed by atoms with E-state index in [0.29, 0.717) is 249 Å². The lowest BCUT2D eigenvalue weighted by atomic mass is 10.0. The van der Waals surface area contributed by atoms with Crippen LogP contribution in [0.25, 0.3) is 0 Å². The van der Waals surface area contributed by atoms with Crippen LogP contribution in [-0.4, -0.2) is 315 Å². The van der Waals surface area contributed by atoms with E-state index in [-0.39, 0.29) is 0 Å². The SMILES string of the molecule is CCCCCCCCCCCCCCCCOCCOCCOCCOCCOCCCCOCCOCCOCCOCCO[N+](C)(C)CCC[N+](C)(C)CCOCCOCCOCCOCCOCCOCCOCCOCCOCCOCCCCCCCCCCCCCCCC. The number of rotatable bonds is 94. The Labute approximate surface area is 619 Å². The van der Waals surface area contributed by atoms with E-state index in [4.69, 9.17) is 94.8 Å². The minimum Gasteiger partial charge on any atom is -0.379 e. The van der Waals surface area contributed by atoms with Crippen molar-refractivity contribution in [3.05, 3.63) is 0 Å². The quantitative estimate of drug-likeness (QED) is 0.0318. The topological polar surface area (TPSA) is 185 Å². The van der Waals surface area contributed by atoms with Crippen LogP contribution in [0, 0.1) is 0 Å². The Morgan fingerprint density at radius 1 is 0.139 bits per heavy atom. The third-order valence-electron chi connectivity index (χ3n) is 17.0. The first-order chi connectivity index (χ1) is 49.8. The number of ether oxygens (including phenoxy) is 19. The molecule has 22 heteroatoms. The Kier molecular flexibility index (Phi) is 87.3. The Morgan fingerprint density at radius 3 is 0.505 bits per heavy atom. The standard InChI is InChI=1S/C79H164N2O20/c1-7-9-11-13-15-17-19-21-23-25-27-29-31-33-41-82-46-51-87-56-61-92-63-58-89-53-48-84-43-35-36-44-85-49-54-90-59-64-99-76-77-100-78-79-101-81(5,6)39-37-38-80(3,4)40-45-86-50-55-91-60-65-94-67-69-96-71-73-98-75-74-97-72-70-95-68-66-93-62-57-88-52-47-83-42-34-32-30-28-26-24-22-20-18-16-14-12-10-8-2/h7-79H2,1-6H3/q+2. The van der Waals surface area contributed by atoms with Gasteiger partial charge in [-0.2, -0.15) is 4.65 Å². The van der Waals surface area contributed by atoms with Gasteiger partial charge < -0.3 is 94.5 Å². The van der Waals surface area contributed by atoms with E-state index in [9.17, 15) is 0 Å². The predicted octanol–water partition coefficient (Wildman–Crippen LogP) is 13.5. The van der Waals surface area contributed by atoms with Gasteiger partial charge in [-0.05, 0) is 25.7 Å². The van der Waals surface area contributed by atoms with Crippen LogP contribution in [0.15, 0.2) is 0 Å². The average Bonchev–Trinajstić information content (AvgIpc) is 1.23. The molecular formula is C79H164N2O20+2. The number of hydroxylamine groups is 3. The molecule has 608 valence electrons. The molecule has 22 nitrogen and oxygen atoms in total. The summed E-state index contributed by atoms with van der Waals surface area (Å²) in [5, 5.41) is 0. The molecule has 0 atom stereocenters. The summed E-state index contributed by atoms with van der Waals surface area (Å²) in [6.07, 6.45) is 41.3. The molecule has 0 saturated carbocycles. The van der Waals surface area contributed by atoms with Crippen molar-refractivity contribution in [3.8, 4) is 0 Å². The first kappa shape index (κ1) is 100. The Balaban J connectivity index is 3.30. The molecule has 0 bridgehead atoms. The van der Waals surface area contributed by atoms with Crippen molar-refractivity contribution in [3.63, 3.8) is 0 Å². The van der Waals surface area contributed by atoms with Gasteiger partial charge in [-0.25, -0.2) is 4.84 Å². The molecule has 0 unspecified atom stereocenters. The van der Waals surface area contributed by atoms with Gasteiger partial charge in [0.15, 0.2) is 0 Å². The average molecular weight is 1460 g/mol. The molecule has 0 aliphatic rings. The van der Waals surface area contributed by atoms with Crippen molar-refractivity contribution < 1.29 is 104 Å². The van der Waals surface area contributed by atoms with Gasteiger partial charge >= 0.3 is 0 Å². The lowest BCUT2D eigenvalue weighted by Gasteiger charge is -2.32. The minimum atomic E-state index is 0.484. The van der Waals surface area contributed by atoms with Gasteiger partial charge in [-0.3, -0.25) is 0 Å². The first-order valence-electron chi connectivity index (χ1n) is 41.1. The van der Waals surface area contributed by atoms with Gasteiger partial charge in [0.2, 0.25) is 0 Å². The van der Waals surface area contributed by atoms with E-state index in [1.54, 1.807) is 0 Å². The van der Waals surface area contributed by atoms with Crippen LogP contribution < -0.4 is 0 Å². The highest BCUT2D eigenvalue weighted by molar-refractivity contribution is 4.53. The van der Waals surface area contributed by atoms with Crippen LogP contribution in [0.5, 0.6) is 0 Å². The highest BCUT2D eigenvalue weighted by atomic mass is 16.7. The summed E-state index contributed by atoms with van der Waals surface area (Å²) in [5.41, 5.74) is 0. The van der Waals surface area contributed by atoms with E-state index < -0.39 is 0 Å². The molecule has 0 N–H and O–H groups in total. The van der Waals surface area contributed by atoms with E-state index in [0.717, 1.165) is 69.4 Å². The molecule has 0 aliphatic heterocycles. The maximum absolute atomic E-state index is 6.11. The van der Waals surface area contributed by atoms with Gasteiger partial charge in [0, 0.05) is 32.8 Å². The molecule has 0 rings (SSSR count). The number of nitrogens with zero attached hydrogens (tertiary/aromatic N) is 2. The fourth-order valence-electron chi connectivity index (χ4n) is 10.7. The summed E-state index contributed by atoms with van der Waals surface area (Å²) in [6, 6.07) is 0. The molecule has 0 aromatic heterocycles. The van der Waals surface area contributed by atoms with Crippen LogP contribution in [0.3, 0.4) is 0 Å². The van der Waals surface area contributed by atoms with E-state index in [1.807, 2.05) is 0 Å². The molecule has 0 aliphatic carbocycles. The molecule has 101 heavy (non-hydrogen) atoms. The summed E-state index contributed by atoms with van der Waals surface area (Å²) in [6.45, 7) is 29.7. The molecule has 0 amide bonds. The van der Waals surface area contributed by atoms with Gasteiger partial charge in [-0.1, -0.05) is 181 Å². The van der Waals surface area contributed by atoms with Gasteiger partial charge in [0.1, 0.15) is 19.7 Å². The highest BCUT2D eigenvalue weighted by Crippen LogP contribution is 2.15. The predicted molar refractivity (Wildman–Crippen MR) is 405 cm³/mol. The lowest BCUT2D eigenvalue weighted by molar-refractivity contribution is -1.08. The van der Waals surface area contributed by atoms with Crippen LogP contribution in [0.4, 0.5) is 0 Å². The second kappa shape index (κ2) is 88.0. The fourth-order valence-corrected chi connectivity index (χ4v) is 10.7. The van der Waals surface area contributed by atoms with E-state index in [2.05, 4.69) is 42.0 Å². The maximum Gasteiger partial charge on any atom is 0.129 e. The summed E-state index contributed by atoms with van der Waals surface area (Å²) < 4.78 is 109. The Morgan fingerprint density at radius 2 is 0.297 bits per heavy atom. The molecule has 0 saturated heterocycles. The minimum absolute atomic E-state index is 0.484. The summed E-state index contributed by atoms with van der Waals surface area (Å²) in [5.74, 6) is 0. The Hall–Kier alpha value is -0.880. The summed E-state index contributed by atoms with van der Waals surface area (Å²) >= 11 is 0. The van der Waals surface area contributed by atoms with Crippen molar-refractivity contribution in [1.82, 2.24) is 0 Å². The molecule has 0 heterocycles. The molecule has 0 aromatic carbocycles. The van der Waals surface area contributed by atoms with Crippen LogP contribution in [0.1, 0.15) is 213 Å². The summed E-state index contributed by atoms with van der Waals surface area (Å²) in [7, 11) is 8.66. The molecule has 0 fully saturated rings. The zero-order chi connectivity index (χ0) is 72.8. The third kappa shape index (κ3) is 91.4. The largest absolute Gasteiger partial charge is 0.379 e. The van der Waals surface area contributed by atoms with E-state index in [1.165, 1.54) is 167 Å². The van der Waals surface area contributed by atoms with Crippen molar-refractivity contribution >= 4 is 0 Å². The fraction of sp³-hybridized carbons (Fsp3) is 1.00. The second-order valence-corrected chi connectivity index (χ2v) is 27.4. The molecular weight excluding hydrogens is 1300 g/mol. The van der Waals surface area contributed by atoms with Crippen molar-refractivity contribution in [1.29, 1.82) is 0 Å². The van der Waals surface area contributed by atoms with Crippen LogP contribution in [0.2, 0.25) is 0 Å². The monoisotopic (exact) mass is 1460 g/mol. The number of hydrogen-bond acceptors (Lipinski definition) is 20. The molecule has 0 spiro atoms. The van der Waals surface area contributed by atoms with E-state index >= 15 is 0 Å². The third-order valence-corrected chi connectivity index (χ3v) is 17.0. The van der Waals surface area contributed by atoms with Gasteiger partial charge in [0.25, 0.3) is 0 Å². The van der Waals surface area contributed by atoms with Crippen LogP contribution in [-0.2, 0) is 94.8 Å². The number of likely N-dealkylation sites (N-methyl/N-ethyl adjacent to an activating group) is 1. The zero-order valence-corrected chi connectivity index (χ0v) is 66.7. The zero-order valence-electron chi connectivity index (χ0n) is 66.7. The highest BCUT2D eigenvalue weighted by Gasteiger charge is 2.21. The number of hydrogen-bond donors (Lipinski definition) is 0. The Bertz CT molecular complexity index is 1380.